The number of hydrogen-bond acceptors (Lipinski definition) is 5. The average molecular weight is 477 g/mol. The Kier molecular flexibility index (Phi) is 5.92. The highest BCUT2D eigenvalue weighted by atomic mass is 19.4. The molecule has 0 amide bonds. The molecule has 12 heteroatoms. The van der Waals surface area contributed by atoms with Gasteiger partial charge in [-0.1, -0.05) is 0 Å². The van der Waals surface area contributed by atoms with Crippen LogP contribution in [0.4, 0.5) is 22.0 Å². The Morgan fingerprint density at radius 1 is 1.00 bits per heavy atom. The first-order chi connectivity index (χ1) is 16.0. The monoisotopic (exact) mass is 477 g/mol. The minimum absolute atomic E-state index is 0.0617. The van der Waals surface area contributed by atoms with Crippen LogP contribution in [0.2, 0.25) is 0 Å². The standard InChI is InChI=1S/C22H20F5N7/c1-11-17(33(4)32-20(11)14-5-6-16(21(23)24)28-9-14)7-15-8-18(30-10-29-15)34-13(3)19(12(2)31-34)22(25,26)27/h5-6,8-10,21H,7H2,1-4H3. The number of pyridine rings is 1. The molecule has 4 aromatic rings. The van der Waals surface area contributed by atoms with Crippen molar-refractivity contribution in [2.24, 2.45) is 7.05 Å². The van der Waals surface area contributed by atoms with E-state index in [0.29, 0.717) is 23.4 Å². The van der Waals surface area contributed by atoms with Gasteiger partial charge in [0, 0.05) is 37.0 Å². The van der Waals surface area contributed by atoms with E-state index in [2.05, 4.69) is 25.1 Å². The molecule has 0 aliphatic rings. The zero-order chi connectivity index (χ0) is 24.8. The van der Waals surface area contributed by atoms with E-state index in [-0.39, 0.29) is 22.9 Å². The third kappa shape index (κ3) is 4.27. The lowest BCUT2D eigenvalue weighted by Crippen LogP contribution is -2.09. The molecule has 7 nitrogen and oxygen atoms in total. The molecular formula is C22H20F5N7. The zero-order valence-electron chi connectivity index (χ0n) is 18.7. The van der Waals surface area contributed by atoms with Gasteiger partial charge in [0.2, 0.25) is 0 Å². The molecule has 0 aromatic carbocycles. The molecule has 0 radical (unpaired) electrons. The van der Waals surface area contributed by atoms with Crippen LogP contribution < -0.4 is 0 Å². The fourth-order valence-electron chi connectivity index (χ4n) is 3.91. The van der Waals surface area contributed by atoms with Crippen molar-refractivity contribution in [2.45, 2.75) is 39.8 Å². The number of alkyl halides is 5. The van der Waals surface area contributed by atoms with Gasteiger partial charge in [-0.15, -0.1) is 0 Å². The van der Waals surface area contributed by atoms with E-state index in [9.17, 15) is 22.0 Å². The highest BCUT2D eigenvalue weighted by molar-refractivity contribution is 5.63. The van der Waals surface area contributed by atoms with Crippen LogP contribution in [-0.2, 0) is 19.6 Å². The Hall–Kier alpha value is -3.70. The van der Waals surface area contributed by atoms with Crippen LogP contribution in [0.5, 0.6) is 0 Å². The number of aromatic nitrogens is 7. The minimum Gasteiger partial charge on any atom is -0.271 e. The van der Waals surface area contributed by atoms with Gasteiger partial charge in [-0.25, -0.2) is 23.4 Å². The van der Waals surface area contributed by atoms with E-state index in [1.165, 1.54) is 38.5 Å². The summed E-state index contributed by atoms with van der Waals surface area (Å²) in [4.78, 5) is 12.1. The summed E-state index contributed by atoms with van der Waals surface area (Å²) in [5, 5.41) is 8.51. The second-order valence-electron chi connectivity index (χ2n) is 7.82. The Bertz CT molecular complexity index is 1340. The Morgan fingerprint density at radius 2 is 1.74 bits per heavy atom. The normalized spacial score (nSPS) is 12.1. The summed E-state index contributed by atoms with van der Waals surface area (Å²) >= 11 is 0. The Morgan fingerprint density at radius 3 is 2.32 bits per heavy atom. The summed E-state index contributed by atoms with van der Waals surface area (Å²) in [6.07, 6.45) is -4.24. The van der Waals surface area contributed by atoms with E-state index in [0.717, 1.165) is 15.9 Å². The predicted molar refractivity (Wildman–Crippen MR) is 113 cm³/mol. The summed E-state index contributed by atoms with van der Waals surface area (Å²) in [6, 6.07) is 4.37. The van der Waals surface area contributed by atoms with Gasteiger partial charge >= 0.3 is 6.18 Å². The zero-order valence-corrected chi connectivity index (χ0v) is 18.7. The van der Waals surface area contributed by atoms with Crippen LogP contribution in [-0.4, -0.2) is 34.5 Å². The van der Waals surface area contributed by atoms with Crippen molar-refractivity contribution in [1.82, 2.24) is 34.5 Å². The largest absolute Gasteiger partial charge is 0.419 e. The molecule has 4 heterocycles. The third-order valence-corrected chi connectivity index (χ3v) is 5.56. The first kappa shape index (κ1) is 23.5. The number of aryl methyl sites for hydroxylation is 2. The molecule has 0 aliphatic heterocycles. The molecule has 0 spiro atoms. The summed E-state index contributed by atoms with van der Waals surface area (Å²) in [7, 11) is 1.74. The first-order valence-corrected chi connectivity index (χ1v) is 10.2. The maximum atomic E-state index is 13.4. The van der Waals surface area contributed by atoms with Gasteiger partial charge in [0.1, 0.15) is 12.0 Å². The molecule has 0 N–H and O–H groups in total. The molecule has 4 rings (SSSR count). The first-order valence-electron chi connectivity index (χ1n) is 10.2. The smallest absolute Gasteiger partial charge is 0.271 e. The molecule has 0 saturated heterocycles. The molecule has 0 aliphatic carbocycles. The van der Waals surface area contributed by atoms with Crippen molar-refractivity contribution in [3.05, 3.63) is 70.3 Å². The second kappa shape index (κ2) is 8.58. The van der Waals surface area contributed by atoms with Crippen LogP contribution in [0.3, 0.4) is 0 Å². The predicted octanol–water partition coefficient (Wildman–Crippen LogP) is 4.93. The van der Waals surface area contributed by atoms with Crippen LogP contribution in [0.15, 0.2) is 30.7 Å². The second-order valence-corrected chi connectivity index (χ2v) is 7.82. The van der Waals surface area contributed by atoms with Crippen LogP contribution in [0, 0.1) is 20.8 Å². The lowest BCUT2D eigenvalue weighted by molar-refractivity contribution is -0.138. The van der Waals surface area contributed by atoms with E-state index < -0.39 is 18.2 Å². The van der Waals surface area contributed by atoms with Gasteiger partial charge in [-0.3, -0.25) is 9.67 Å². The minimum atomic E-state index is -4.52. The molecule has 0 unspecified atom stereocenters. The highest BCUT2D eigenvalue weighted by Gasteiger charge is 2.37. The fraction of sp³-hybridized carbons (Fsp3) is 0.318. The quantitative estimate of drug-likeness (QED) is 0.381. The lowest BCUT2D eigenvalue weighted by Gasteiger charge is -2.09. The van der Waals surface area contributed by atoms with Crippen molar-refractivity contribution < 1.29 is 22.0 Å². The summed E-state index contributed by atoms with van der Waals surface area (Å²) in [5.74, 6) is 0.216. The SMILES string of the molecule is Cc1nn(-c2cc(Cc3c(C)c(-c4ccc(C(F)F)nc4)nn3C)ncn2)c(C)c1C(F)(F)F. The van der Waals surface area contributed by atoms with Crippen molar-refractivity contribution in [3.8, 4) is 17.1 Å². The van der Waals surface area contributed by atoms with Gasteiger partial charge < -0.3 is 0 Å². The van der Waals surface area contributed by atoms with Crippen LogP contribution in [0.25, 0.3) is 17.1 Å². The van der Waals surface area contributed by atoms with Crippen LogP contribution in [0.1, 0.15) is 46.0 Å². The molecule has 0 fully saturated rings. The topological polar surface area (TPSA) is 74.3 Å². The summed E-state index contributed by atoms with van der Waals surface area (Å²) in [6.45, 7) is 4.49. The maximum Gasteiger partial charge on any atom is 0.419 e. The number of rotatable bonds is 5. The molecule has 4 aromatic heterocycles. The maximum absolute atomic E-state index is 13.4. The molecule has 34 heavy (non-hydrogen) atoms. The number of nitrogens with zero attached hydrogens (tertiary/aromatic N) is 7. The summed E-state index contributed by atoms with van der Waals surface area (Å²) < 4.78 is 68.5. The lowest BCUT2D eigenvalue weighted by atomic mass is 10.1. The fourth-order valence-corrected chi connectivity index (χ4v) is 3.91. The highest BCUT2D eigenvalue weighted by Crippen LogP contribution is 2.35. The molecule has 0 atom stereocenters. The van der Waals surface area contributed by atoms with Gasteiger partial charge in [-0.05, 0) is 38.5 Å². The third-order valence-electron chi connectivity index (χ3n) is 5.56. The van der Waals surface area contributed by atoms with Crippen LogP contribution >= 0.6 is 0 Å². The van der Waals surface area contributed by atoms with Crippen molar-refractivity contribution >= 4 is 0 Å². The Balaban J connectivity index is 1.66. The van der Waals surface area contributed by atoms with E-state index in [1.54, 1.807) is 17.8 Å². The Labute approximate surface area is 191 Å². The average Bonchev–Trinajstić information content (AvgIpc) is 3.23. The van der Waals surface area contributed by atoms with Crippen molar-refractivity contribution in [3.63, 3.8) is 0 Å². The van der Waals surface area contributed by atoms with Gasteiger partial charge in [0.25, 0.3) is 6.43 Å². The van der Waals surface area contributed by atoms with E-state index in [1.807, 2.05) is 6.92 Å². The van der Waals surface area contributed by atoms with E-state index in [4.69, 9.17) is 0 Å². The van der Waals surface area contributed by atoms with Gasteiger partial charge in [0.05, 0.1) is 28.3 Å². The van der Waals surface area contributed by atoms with Gasteiger partial charge in [0.15, 0.2) is 5.82 Å². The van der Waals surface area contributed by atoms with Crippen molar-refractivity contribution in [2.75, 3.05) is 0 Å². The molecule has 178 valence electrons. The number of halogens is 5. The summed E-state index contributed by atoms with van der Waals surface area (Å²) in [5.41, 5.74) is 2.03. The van der Waals surface area contributed by atoms with Gasteiger partial charge in [-0.2, -0.15) is 23.4 Å². The van der Waals surface area contributed by atoms with Crippen molar-refractivity contribution in [1.29, 1.82) is 0 Å². The molecular weight excluding hydrogens is 457 g/mol. The molecule has 0 saturated carbocycles. The molecule has 0 bridgehead atoms. The number of hydrogen-bond donors (Lipinski definition) is 0. The van der Waals surface area contributed by atoms with E-state index >= 15 is 0 Å².